The van der Waals surface area contributed by atoms with E-state index >= 15 is 0 Å². The average Bonchev–Trinajstić information content (AvgIpc) is 2.79. The molecule has 1 saturated heterocycles. The molecule has 2 aliphatic rings. The van der Waals surface area contributed by atoms with Gasteiger partial charge in [0.15, 0.2) is 0 Å². The highest BCUT2D eigenvalue weighted by Crippen LogP contribution is 2.46. The first-order valence-electron chi connectivity index (χ1n) is 6.10. The minimum atomic E-state index is -0.462. The maximum Gasteiger partial charge on any atom is 0.135 e. The second kappa shape index (κ2) is 3.86. The van der Waals surface area contributed by atoms with E-state index in [1.165, 1.54) is 6.42 Å². The van der Waals surface area contributed by atoms with Crippen LogP contribution in [0.2, 0.25) is 0 Å². The maximum absolute atomic E-state index is 10.2. The molecule has 1 spiro atoms. The van der Waals surface area contributed by atoms with Gasteiger partial charge in [-0.25, -0.2) is 4.98 Å². The largest absolute Gasteiger partial charge is 0.385 e. The summed E-state index contributed by atoms with van der Waals surface area (Å²) in [6, 6.07) is 0. The molecule has 2 fully saturated rings. The lowest BCUT2D eigenvalue weighted by molar-refractivity contribution is -0.157. The summed E-state index contributed by atoms with van der Waals surface area (Å²) in [5, 5.41) is 10.2. The number of aliphatic hydroxyl groups excluding tert-OH is 1. The van der Waals surface area contributed by atoms with Crippen molar-refractivity contribution in [3.8, 4) is 0 Å². The highest BCUT2D eigenvalue weighted by Gasteiger charge is 2.44. The van der Waals surface area contributed by atoms with Gasteiger partial charge in [0.25, 0.3) is 0 Å². The van der Waals surface area contributed by atoms with Gasteiger partial charge in [0, 0.05) is 19.0 Å². The molecule has 4 heteroatoms. The molecule has 88 valence electrons. The van der Waals surface area contributed by atoms with Crippen LogP contribution < -0.4 is 0 Å². The summed E-state index contributed by atoms with van der Waals surface area (Å²) in [4.78, 5) is 7.13. The fourth-order valence-electron chi connectivity index (χ4n) is 2.92. The van der Waals surface area contributed by atoms with Crippen molar-refractivity contribution in [1.29, 1.82) is 0 Å². The second-order valence-corrected chi connectivity index (χ2v) is 5.06. The lowest BCUT2D eigenvalue weighted by Gasteiger charge is -2.47. The van der Waals surface area contributed by atoms with E-state index < -0.39 is 6.10 Å². The lowest BCUT2D eigenvalue weighted by Crippen LogP contribution is -2.46. The molecule has 0 amide bonds. The van der Waals surface area contributed by atoms with Crippen molar-refractivity contribution in [1.82, 2.24) is 9.97 Å². The zero-order chi connectivity index (χ0) is 11.0. The molecule has 0 radical (unpaired) electrons. The summed E-state index contributed by atoms with van der Waals surface area (Å²) in [6.45, 7) is 0.780. The molecule has 1 aliphatic carbocycles. The van der Waals surface area contributed by atoms with Crippen molar-refractivity contribution >= 4 is 0 Å². The number of H-pyrrole nitrogens is 1. The maximum atomic E-state index is 10.2. The molecule has 0 bridgehead atoms. The van der Waals surface area contributed by atoms with Crippen molar-refractivity contribution in [3.05, 3.63) is 18.2 Å². The Hall–Kier alpha value is -0.870. The molecule has 16 heavy (non-hydrogen) atoms. The molecule has 2 heterocycles. The van der Waals surface area contributed by atoms with Gasteiger partial charge in [-0.15, -0.1) is 0 Å². The number of aromatic amines is 1. The Morgan fingerprint density at radius 3 is 3.06 bits per heavy atom. The monoisotopic (exact) mass is 222 g/mol. The van der Waals surface area contributed by atoms with Gasteiger partial charge in [0.1, 0.15) is 11.9 Å². The van der Waals surface area contributed by atoms with Crippen LogP contribution in [-0.4, -0.2) is 27.3 Å². The van der Waals surface area contributed by atoms with Crippen LogP contribution in [0.3, 0.4) is 0 Å². The topological polar surface area (TPSA) is 58.1 Å². The molecular formula is C12H18N2O2. The summed E-state index contributed by atoms with van der Waals surface area (Å²) in [6.07, 6.45) is 8.50. The molecule has 1 aromatic heterocycles. The minimum absolute atomic E-state index is 0.0937. The van der Waals surface area contributed by atoms with Crippen molar-refractivity contribution in [3.63, 3.8) is 0 Å². The summed E-state index contributed by atoms with van der Waals surface area (Å²) >= 11 is 0. The fraction of sp³-hybridized carbons (Fsp3) is 0.750. The SMILES string of the molecule is OC(c1ncc[nH]1)C1CCOC2(CCC2)C1. The standard InChI is InChI=1S/C12H18N2O2/c15-10(11-13-5-6-14-11)9-2-7-16-12(8-9)3-1-4-12/h5-6,9-10,15H,1-4,7-8H2,(H,13,14). The number of aromatic nitrogens is 2. The van der Waals surface area contributed by atoms with Crippen LogP contribution in [0.5, 0.6) is 0 Å². The van der Waals surface area contributed by atoms with E-state index in [1.807, 2.05) is 0 Å². The molecule has 0 aromatic carbocycles. The van der Waals surface area contributed by atoms with E-state index in [9.17, 15) is 5.11 Å². The smallest absolute Gasteiger partial charge is 0.135 e. The van der Waals surface area contributed by atoms with Crippen LogP contribution in [0.25, 0.3) is 0 Å². The highest BCUT2D eigenvalue weighted by molar-refractivity contribution is 5.00. The first-order valence-corrected chi connectivity index (χ1v) is 6.10. The van der Waals surface area contributed by atoms with Crippen molar-refractivity contribution in [2.24, 2.45) is 5.92 Å². The van der Waals surface area contributed by atoms with E-state index in [0.29, 0.717) is 11.7 Å². The van der Waals surface area contributed by atoms with Crippen molar-refractivity contribution in [2.45, 2.75) is 43.8 Å². The zero-order valence-corrected chi connectivity index (χ0v) is 9.35. The van der Waals surface area contributed by atoms with Gasteiger partial charge in [-0.2, -0.15) is 0 Å². The quantitative estimate of drug-likeness (QED) is 0.802. The third-order valence-electron chi connectivity index (χ3n) is 4.04. The van der Waals surface area contributed by atoms with Crippen LogP contribution in [0, 0.1) is 5.92 Å². The highest BCUT2D eigenvalue weighted by atomic mass is 16.5. The van der Waals surface area contributed by atoms with Crippen molar-refractivity contribution < 1.29 is 9.84 Å². The number of nitrogens with one attached hydrogen (secondary N) is 1. The van der Waals surface area contributed by atoms with Crippen LogP contribution in [0.15, 0.2) is 12.4 Å². The van der Waals surface area contributed by atoms with Gasteiger partial charge in [0.2, 0.25) is 0 Å². The number of rotatable bonds is 2. The van der Waals surface area contributed by atoms with E-state index in [4.69, 9.17) is 4.74 Å². The molecule has 3 rings (SSSR count). The predicted molar refractivity (Wildman–Crippen MR) is 58.8 cm³/mol. The van der Waals surface area contributed by atoms with E-state index in [2.05, 4.69) is 9.97 Å². The molecule has 4 nitrogen and oxygen atoms in total. The Kier molecular flexibility index (Phi) is 2.48. The zero-order valence-electron chi connectivity index (χ0n) is 9.35. The van der Waals surface area contributed by atoms with Gasteiger partial charge in [0.05, 0.1) is 5.60 Å². The Labute approximate surface area is 95.0 Å². The Morgan fingerprint density at radius 1 is 1.56 bits per heavy atom. The molecule has 1 aliphatic heterocycles. The van der Waals surface area contributed by atoms with E-state index in [-0.39, 0.29) is 5.60 Å². The number of hydrogen-bond donors (Lipinski definition) is 2. The molecule has 2 unspecified atom stereocenters. The van der Waals surface area contributed by atoms with Crippen LogP contribution >= 0.6 is 0 Å². The summed E-state index contributed by atoms with van der Waals surface area (Å²) in [5.41, 5.74) is 0.0937. The van der Waals surface area contributed by atoms with Crippen LogP contribution in [-0.2, 0) is 4.74 Å². The first kappa shape index (κ1) is 10.3. The van der Waals surface area contributed by atoms with Gasteiger partial charge in [-0.3, -0.25) is 0 Å². The lowest BCUT2D eigenvalue weighted by atomic mass is 9.71. The number of hydrogen-bond acceptors (Lipinski definition) is 3. The Bertz CT molecular complexity index is 346. The fourth-order valence-corrected chi connectivity index (χ4v) is 2.92. The number of aliphatic hydroxyl groups is 1. The third-order valence-corrected chi connectivity index (χ3v) is 4.04. The van der Waals surface area contributed by atoms with Gasteiger partial charge in [-0.1, -0.05) is 0 Å². The number of ether oxygens (including phenoxy) is 1. The number of imidazole rings is 1. The van der Waals surface area contributed by atoms with E-state index in [1.54, 1.807) is 12.4 Å². The summed E-state index contributed by atoms with van der Waals surface area (Å²) < 4.78 is 5.86. The molecular weight excluding hydrogens is 204 g/mol. The first-order chi connectivity index (χ1) is 7.79. The van der Waals surface area contributed by atoms with Crippen molar-refractivity contribution in [2.75, 3.05) is 6.61 Å². The van der Waals surface area contributed by atoms with Crippen LogP contribution in [0.4, 0.5) is 0 Å². The normalized spacial score (nSPS) is 29.9. The Morgan fingerprint density at radius 2 is 2.44 bits per heavy atom. The summed E-state index contributed by atoms with van der Waals surface area (Å²) in [7, 11) is 0. The van der Waals surface area contributed by atoms with Gasteiger partial charge < -0.3 is 14.8 Å². The predicted octanol–water partition coefficient (Wildman–Crippen LogP) is 1.79. The second-order valence-electron chi connectivity index (χ2n) is 5.06. The summed E-state index contributed by atoms with van der Waals surface area (Å²) in [5.74, 6) is 0.988. The third kappa shape index (κ3) is 1.66. The average molecular weight is 222 g/mol. The van der Waals surface area contributed by atoms with E-state index in [0.717, 1.165) is 32.3 Å². The van der Waals surface area contributed by atoms with Gasteiger partial charge >= 0.3 is 0 Å². The van der Waals surface area contributed by atoms with Crippen LogP contribution in [0.1, 0.15) is 44.0 Å². The number of nitrogens with zero attached hydrogens (tertiary/aromatic N) is 1. The molecule has 1 saturated carbocycles. The molecule has 2 atom stereocenters. The Balaban J connectivity index is 1.70. The van der Waals surface area contributed by atoms with Gasteiger partial charge in [-0.05, 0) is 38.0 Å². The minimum Gasteiger partial charge on any atom is -0.385 e. The molecule has 1 aromatic rings. The molecule has 2 N–H and O–H groups in total.